The molecule has 0 spiro atoms. The summed E-state index contributed by atoms with van der Waals surface area (Å²) in [4.78, 5) is 26.2. The highest BCUT2D eigenvalue weighted by Gasteiger charge is 2.27. The maximum absolute atomic E-state index is 13.7. The maximum atomic E-state index is 13.7. The molecule has 108 valence electrons. The number of benzene rings is 1. The zero-order valence-electron chi connectivity index (χ0n) is 10.4. The topological polar surface area (TPSA) is 81.5 Å². The van der Waals surface area contributed by atoms with Crippen molar-refractivity contribution in [3.05, 3.63) is 39.4 Å². The fourth-order valence-electron chi connectivity index (χ4n) is 2.08. The Labute approximate surface area is 112 Å². The second-order valence-electron chi connectivity index (χ2n) is 4.47. The monoisotopic (exact) mass is 286 g/mol. The summed E-state index contributed by atoms with van der Waals surface area (Å²) in [7, 11) is 0. The molecule has 2 rings (SSSR count). The summed E-state index contributed by atoms with van der Waals surface area (Å²) in [5.74, 6) is -3.86. The summed E-state index contributed by atoms with van der Waals surface area (Å²) in [6.45, 7) is 0. The Balaban J connectivity index is 2.15. The van der Waals surface area contributed by atoms with E-state index in [-0.39, 0.29) is 6.10 Å². The first-order valence-electron chi connectivity index (χ1n) is 6.09. The fourth-order valence-corrected chi connectivity index (χ4v) is 2.08. The van der Waals surface area contributed by atoms with Gasteiger partial charge in [-0.05, 0) is 18.9 Å². The average Bonchev–Trinajstić information content (AvgIpc) is 2.89. The minimum Gasteiger partial charge on any atom is -0.270 e. The molecule has 1 aromatic carbocycles. The van der Waals surface area contributed by atoms with Gasteiger partial charge in [-0.1, -0.05) is 12.8 Å². The van der Waals surface area contributed by atoms with Crippen LogP contribution in [0.5, 0.6) is 0 Å². The van der Waals surface area contributed by atoms with Gasteiger partial charge in [0.15, 0.2) is 0 Å². The van der Waals surface area contributed by atoms with Crippen LogP contribution in [0, 0.1) is 21.7 Å². The first-order valence-corrected chi connectivity index (χ1v) is 6.09. The van der Waals surface area contributed by atoms with Gasteiger partial charge in [0.25, 0.3) is 5.91 Å². The molecule has 1 amide bonds. The van der Waals surface area contributed by atoms with Gasteiger partial charge >= 0.3 is 5.69 Å². The van der Waals surface area contributed by atoms with Gasteiger partial charge in [-0.2, -0.15) is 4.39 Å². The average molecular weight is 286 g/mol. The predicted molar refractivity (Wildman–Crippen MR) is 63.8 cm³/mol. The third kappa shape index (κ3) is 2.90. The van der Waals surface area contributed by atoms with E-state index < -0.39 is 33.7 Å². The number of halogens is 2. The molecule has 1 aliphatic carbocycles. The molecular formula is C12H12F2N2O4. The van der Waals surface area contributed by atoms with E-state index in [0.29, 0.717) is 12.1 Å². The highest BCUT2D eigenvalue weighted by Crippen LogP contribution is 2.24. The van der Waals surface area contributed by atoms with Crippen molar-refractivity contribution in [2.24, 2.45) is 0 Å². The molecule has 0 heterocycles. The normalized spacial score (nSPS) is 15.3. The van der Waals surface area contributed by atoms with Crippen LogP contribution in [0.1, 0.15) is 36.0 Å². The molecule has 0 atom stereocenters. The number of amides is 1. The first-order chi connectivity index (χ1) is 9.50. The van der Waals surface area contributed by atoms with Gasteiger partial charge in [0.05, 0.1) is 11.0 Å². The Morgan fingerprint density at radius 3 is 2.60 bits per heavy atom. The lowest BCUT2D eigenvalue weighted by Crippen LogP contribution is -2.30. The smallest absolute Gasteiger partial charge is 0.270 e. The zero-order valence-corrected chi connectivity index (χ0v) is 10.4. The van der Waals surface area contributed by atoms with Crippen LogP contribution in [0.25, 0.3) is 0 Å². The second-order valence-corrected chi connectivity index (χ2v) is 4.47. The molecule has 1 N–H and O–H groups in total. The van der Waals surface area contributed by atoms with Crippen LogP contribution in [0.3, 0.4) is 0 Å². The number of nitro benzene ring substituents is 1. The van der Waals surface area contributed by atoms with Crippen molar-refractivity contribution in [3.63, 3.8) is 0 Å². The van der Waals surface area contributed by atoms with Crippen molar-refractivity contribution in [1.82, 2.24) is 5.48 Å². The van der Waals surface area contributed by atoms with Crippen molar-refractivity contribution in [3.8, 4) is 0 Å². The van der Waals surface area contributed by atoms with E-state index in [1.165, 1.54) is 0 Å². The van der Waals surface area contributed by atoms with Crippen LogP contribution in [0.2, 0.25) is 0 Å². The fraction of sp³-hybridized carbons (Fsp3) is 0.417. The Hall–Kier alpha value is -2.09. The standard InChI is InChI=1S/C12H12F2N2O4/c13-8-5-6-9(16(18)19)11(14)10(8)12(17)15-20-7-3-1-2-4-7/h5-7H,1-4H2,(H,15,17). The number of carbonyl (C=O) groups is 1. The predicted octanol–water partition coefficient (Wildman–Crippen LogP) is 2.48. The van der Waals surface area contributed by atoms with Gasteiger partial charge in [-0.15, -0.1) is 0 Å². The number of hydrogen-bond donors (Lipinski definition) is 1. The summed E-state index contributed by atoms with van der Waals surface area (Å²) < 4.78 is 27.2. The van der Waals surface area contributed by atoms with E-state index in [2.05, 4.69) is 0 Å². The SMILES string of the molecule is O=C(NOC1CCCC1)c1c(F)ccc([N+](=O)[O-])c1F. The number of rotatable bonds is 4. The van der Waals surface area contributed by atoms with E-state index in [9.17, 15) is 23.7 Å². The third-order valence-electron chi connectivity index (χ3n) is 3.11. The number of carbonyl (C=O) groups excluding carboxylic acids is 1. The largest absolute Gasteiger partial charge is 0.305 e. The Kier molecular flexibility index (Phi) is 4.23. The minimum absolute atomic E-state index is 0.191. The van der Waals surface area contributed by atoms with E-state index in [0.717, 1.165) is 25.7 Å². The number of hydroxylamine groups is 1. The number of nitrogens with zero attached hydrogens (tertiary/aromatic N) is 1. The molecule has 20 heavy (non-hydrogen) atoms. The van der Waals surface area contributed by atoms with Gasteiger partial charge in [-0.25, -0.2) is 9.87 Å². The Morgan fingerprint density at radius 2 is 2.00 bits per heavy atom. The molecule has 0 aromatic heterocycles. The molecule has 1 saturated carbocycles. The second kappa shape index (κ2) is 5.91. The van der Waals surface area contributed by atoms with Crippen molar-refractivity contribution >= 4 is 11.6 Å². The number of nitrogens with one attached hydrogen (secondary N) is 1. The quantitative estimate of drug-likeness (QED) is 0.681. The Bertz CT molecular complexity index is 545. The van der Waals surface area contributed by atoms with Crippen LogP contribution in [0.15, 0.2) is 12.1 Å². The molecule has 8 heteroatoms. The lowest BCUT2D eigenvalue weighted by Gasteiger charge is -2.12. The maximum Gasteiger partial charge on any atom is 0.305 e. The van der Waals surface area contributed by atoms with Crippen molar-refractivity contribution in [1.29, 1.82) is 0 Å². The molecule has 6 nitrogen and oxygen atoms in total. The number of hydrogen-bond acceptors (Lipinski definition) is 4. The van der Waals surface area contributed by atoms with Crippen LogP contribution < -0.4 is 5.48 Å². The summed E-state index contributed by atoms with van der Waals surface area (Å²) in [5.41, 5.74) is -0.0301. The van der Waals surface area contributed by atoms with Gasteiger partial charge in [0, 0.05) is 6.07 Å². The highest BCUT2D eigenvalue weighted by atomic mass is 19.1. The van der Waals surface area contributed by atoms with Crippen LogP contribution >= 0.6 is 0 Å². The molecule has 1 aliphatic rings. The van der Waals surface area contributed by atoms with E-state index >= 15 is 0 Å². The van der Waals surface area contributed by atoms with Crippen LogP contribution in [0.4, 0.5) is 14.5 Å². The molecule has 1 fully saturated rings. The minimum atomic E-state index is -1.51. The Morgan fingerprint density at radius 1 is 1.35 bits per heavy atom. The molecule has 0 saturated heterocycles. The summed E-state index contributed by atoms with van der Waals surface area (Å²) in [5, 5.41) is 10.6. The van der Waals surface area contributed by atoms with Crippen molar-refractivity contribution in [2.75, 3.05) is 0 Å². The van der Waals surface area contributed by atoms with E-state index in [4.69, 9.17) is 4.84 Å². The van der Waals surface area contributed by atoms with Crippen molar-refractivity contribution < 1.29 is 23.3 Å². The van der Waals surface area contributed by atoms with E-state index in [1.54, 1.807) is 0 Å². The van der Waals surface area contributed by atoms with Crippen molar-refractivity contribution in [2.45, 2.75) is 31.8 Å². The van der Waals surface area contributed by atoms with Gasteiger partial charge in [-0.3, -0.25) is 19.7 Å². The molecular weight excluding hydrogens is 274 g/mol. The van der Waals surface area contributed by atoms with Crippen LogP contribution in [-0.4, -0.2) is 16.9 Å². The summed E-state index contributed by atoms with van der Waals surface area (Å²) in [6.07, 6.45) is 3.23. The van der Waals surface area contributed by atoms with Gasteiger partial charge in [0.2, 0.25) is 5.82 Å². The molecule has 0 radical (unpaired) electrons. The van der Waals surface area contributed by atoms with Gasteiger partial charge in [0.1, 0.15) is 11.4 Å². The number of nitro groups is 1. The first kappa shape index (κ1) is 14.3. The van der Waals surface area contributed by atoms with Crippen LogP contribution in [-0.2, 0) is 4.84 Å². The lowest BCUT2D eigenvalue weighted by molar-refractivity contribution is -0.387. The molecule has 0 aliphatic heterocycles. The molecule has 1 aromatic rings. The zero-order chi connectivity index (χ0) is 14.7. The lowest BCUT2D eigenvalue weighted by atomic mass is 10.1. The third-order valence-corrected chi connectivity index (χ3v) is 3.11. The molecule has 0 bridgehead atoms. The van der Waals surface area contributed by atoms with Gasteiger partial charge < -0.3 is 0 Å². The summed E-state index contributed by atoms with van der Waals surface area (Å²) >= 11 is 0. The highest BCUT2D eigenvalue weighted by molar-refractivity contribution is 5.94. The van der Waals surface area contributed by atoms with E-state index in [1.807, 2.05) is 5.48 Å². The molecule has 0 unspecified atom stereocenters. The summed E-state index contributed by atoms with van der Waals surface area (Å²) in [6, 6.07) is 1.34.